The molecule has 0 aliphatic heterocycles. The molecular formula is C33H38N2O8. The highest BCUT2D eigenvalue weighted by molar-refractivity contribution is 6.16. The summed E-state index contributed by atoms with van der Waals surface area (Å²) in [5, 5.41) is 47.9. The van der Waals surface area contributed by atoms with Crippen molar-refractivity contribution in [2.24, 2.45) is 23.5 Å². The third kappa shape index (κ3) is 4.72. The number of phenols is 1. The zero-order valence-corrected chi connectivity index (χ0v) is 24.1. The van der Waals surface area contributed by atoms with E-state index < -0.39 is 52.7 Å². The number of primary amides is 1. The number of phenolic OH excluding ortho intramolecular Hbond substituents is 1. The quantitative estimate of drug-likeness (QED) is 0.276. The topological polar surface area (TPSA) is 179 Å². The molecule has 10 heteroatoms. The molecule has 4 aliphatic carbocycles. The third-order valence-electron chi connectivity index (χ3n) is 10.0. The maximum absolute atomic E-state index is 14.0. The Morgan fingerprint density at radius 2 is 1.81 bits per heavy atom. The number of allylic oxidation sites excluding steroid dienone is 1. The fourth-order valence-corrected chi connectivity index (χ4v) is 7.82. The van der Waals surface area contributed by atoms with Gasteiger partial charge in [0.25, 0.3) is 0 Å². The van der Waals surface area contributed by atoms with Crippen molar-refractivity contribution in [2.45, 2.75) is 75.7 Å². The predicted octanol–water partition coefficient (Wildman–Crippen LogP) is 2.84. The molecule has 6 rings (SSSR count). The smallest absolute Gasteiger partial charge is 0.230 e. The Kier molecular flexibility index (Phi) is 7.56. The van der Waals surface area contributed by atoms with Gasteiger partial charge >= 0.3 is 0 Å². The molecule has 2 fully saturated rings. The van der Waals surface area contributed by atoms with Gasteiger partial charge in [-0.05, 0) is 72.9 Å². The molecule has 2 unspecified atom stereocenters. The number of carbonyl (C=O) groups is 3. The number of nitrogens with two attached hydrogens (primary N) is 1. The molecule has 0 bridgehead atoms. The second-order valence-corrected chi connectivity index (χ2v) is 12.5. The standard InChI is InChI=1S/C33H38N2O8/c1-43-25-10-7-16(15-35-19-5-3-2-4-6-19)11-21(25)20-8-9-23(36)27-22(20)13-17-12-18-14-24(37)28(32(34)41)31(40)33(18,42)30(39)26(17)29(27)38/h7-11,17-19,24,28,35-37,39,42H,2-6,12-15H2,1H3,(H2,34,41)/t17-,18+,24?,28?,33+/m1/s1. The lowest BCUT2D eigenvalue weighted by Crippen LogP contribution is -2.63. The lowest BCUT2D eigenvalue weighted by Gasteiger charge is -2.48. The average Bonchev–Trinajstić information content (AvgIpc) is 2.98. The Labute approximate surface area is 249 Å². The minimum Gasteiger partial charge on any atom is -0.508 e. The molecule has 4 aliphatic rings. The summed E-state index contributed by atoms with van der Waals surface area (Å²) in [5.74, 6) is -6.68. The number of aliphatic hydroxyl groups is 3. The van der Waals surface area contributed by atoms with Gasteiger partial charge in [0.05, 0.1) is 18.8 Å². The fourth-order valence-electron chi connectivity index (χ4n) is 7.82. The number of ketones is 2. The summed E-state index contributed by atoms with van der Waals surface area (Å²) >= 11 is 0. The number of ether oxygens (including phenoxy) is 1. The highest BCUT2D eigenvalue weighted by Gasteiger charge is 2.62. The Balaban J connectivity index is 1.41. The molecule has 228 valence electrons. The highest BCUT2D eigenvalue weighted by Crippen LogP contribution is 2.53. The average molecular weight is 591 g/mol. The van der Waals surface area contributed by atoms with Crippen LogP contribution in [0.5, 0.6) is 11.5 Å². The molecule has 10 nitrogen and oxygen atoms in total. The van der Waals surface area contributed by atoms with E-state index in [0.717, 1.165) is 24.0 Å². The first-order valence-corrected chi connectivity index (χ1v) is 15.0. The van der Waals surface area contributed by atoms with Crippen molar-refractivity contribution >= 4 is 17.5 Å². The first-order valence-electron chi connectivity index (χ1n) is 15.0. The number of carbonyl (C=O) groups excluding carboxylic acids is 3. The number of nitrogens with one attached hydrogen (secondary N) is 1. The number of hydrogen-bond acceptors (Lipinski definition) is 9. The van der Waals surface area contributed by atoms with Crippen molar-refractivity contribution in [1.29, 1.82) is 0 Å². The van der Waals surface area contributed by atoms with Gasteiger partial charge in [-0.3, -0.25) is 14.4 Å². The number of benzene rings is 2. The van der Waals surface area contributed by atoms with Crippen LogP contribution >= 0.6 is 0 Å². The molecule has 0 saturated heterocycles. The van der Waals surface area contributed by atoms with Crippen LogP contribution in [-0.4, -0.2) is 62.8 Å². The van der Waals surface area contributed by atoms with Crippen molar-refractivity contribution < 1.29 is 39.5 Å². The van der Waals surface area contributed by atoms with Gasteiger partial charge in [0.2, 0.25) is 5.91 Å². The van der Waals surface area contributed by atoms with Gasteiger partial charge in [-0.25, -0.2) is 0 Å². The molecule has 0 radical (unpaired) electrons. The molecule has 0 spiro atoms. The maximum Gasteiger partial charge on any atom is 0.230 e. The summed E-state index contributed by atoms with van der Waals surface area (Å²) in [4.78, 5) is 39.2. The second-order valence-electron chi connectivity index (χ2n) is 12.5. The Morgan fingerprint density at radius 1 is 1.07 bits per heavy atom. The molecule has 7 N–H and O–H groups in total. The van der Waals surface area contributed by atoms with Gasteiger partial charge in [-0.15, -0.1) is 0 Å². The van der Waals surface area contributed by atoms with Crippen LogP contribution in [-0.2, 0) is 22.6 Å². The Hall–Kier alpha value is -3.73. The second kappa shape index (κ2) is 11.1. The van der Waals surface area contributed by atoms with E-state index in [2.05, 4.69) is 5.32 Å². The number of amides is 1. The van der Waals surface area contributed by atoms with Crippen LogP contribution < -0.4 is 15.8 Å². The first-order chi connectivity index (χ1) is 20.6. The van der Waals surface area contributed by atoms with Gasteiger partial charge in [0, 0.05) is 29.6 Å². The summed E-state index contributed by atoms with van der Waals surface area (Å²) < 4.78 is 5.70. The minimum absolute atomic E-state index is 0.0140. The fraction of sp³-hybridized carbons (Fsp3) is 0.485. The van der Waals surface area contributed by atoms with Crippen LogP contribution in [0.25, 0.3) is 11.1 Å². The van der Waals surface area contributed by atoms with E-state index in [4.69, 9.17) is 10.5 Å². The number of aromatic hydroxyl groups is 1. The van der Waals surface area contributed by atoms with Gasteiger partial charge in [-0.1, -0.05) is 31.4 Å². The predicted molar refractivity (Wildman–Crippen MR) is 156 cm³/mol. The molecule has 2 aromatic carbocycles. The number of fused-ring (bicyclic) bond motifs is 3. The van der Waals surface area contributed by atoms with Gasteiger partial charge in [0.1, 0.15) is 23.2 Å². The van der Waals surface area contributed by atoms with E-state index in [1.54, 1.807) is 13.2 Å². The largest absolute Gasteiger partial charge is 0.508 e. The minimum atomic E-state index is -2.53. The van der Waals surface area contributed by atoms with Crippen LogP contribution in [0.15, 0.2) is 41.7 Å². The summed E-state index contributed by atoms with van der Waals surface area (Å²) in [7, 11) is 1.57. The van der Waals surface area contributed by atoms with Crippen LogP contribution in [0.2, 0.25) is 0 Å². The molecular weight excluding hydrogens is 552 g/mol. The van der Waals surface area contributed by atoms with E-state index in [0.29, 0.717) is 29.5 Å². The van der Waals surface area contributed by atoms with Crippen molar-refractivity contribution in [3.8, 4) is 22.6 Å². The molecule has 43 heavy (non-hydrogen) atoms. The monoisotopic (exact) mass is 590 g/mol. The zero-order chi connectivity index (χ0) is 30.6. The number of hydrogen-bond donors (Lipinski definition) is 6. The van der Waals surface area contributed by atoms with Crippen LogP contribution in [0.3, 0.4) is 0 Å². The number of rotatable bonds is 6. The van der Waals surface area contributed by atoms with Crippen molar-refractivity contribution in [3.05, 3.63) is 58.4 Å². The van der Waals surface area contributed by atoms with Gasteiger partial charge < -0.3 is 36.2 Å². The van der Waals surface area contributed by atoms with E-state index in [9.17, 15) is 34.8 Å². The molecule has 2 saturated carbocycles. The van der Waals surface area contributed by atoms with E-state index in [-0.39, 0.29) is 36.1 Å². The molecule has 5 atom stereocenters. The molecule has 0 aromatic heterocycles. The summed E-state index contributed by atoms with van der Waals surface area (Å²) in [6.45, 7) is 0.674. The Morgan fingerprint density at radius 3 is 2.51 bits per heavy atom. The van der Waals surface area contributed by atoms with Crippen molar-refractivity contribution in [2.75, 3.05) is 7.11 Å². The third-order valence-corrected chi connectivity index (χ3v) is 10.0. The lowest BCUT2D eigenvalue weighted by molar-refractivity contribution is -0.167. The normalized spacial score (nSPS) is 29.1. The van der Waals surface area contributed by atoms with Crippen molar-refractivity contribution in [1.82, 2.24) is 5.32 Å². The van der Waals surface area contributed by atoms with Crippen LogP contribution in [0.4, 0.5) is 0 Å². The molecule has 1 amide bonds. The summed E-state index contributed by atoms with van der Waals surface area (Å²) in [6, 6.07) is 9.55. The van der Waals surface area contributed by atoms with E-state index >= 15 is 0 Å². The maximum atomic E-state index is 14.0. The number of methoxy groups -OCH3 is 1. The molecule has 2 aromatic rings. The lowest BCUT2D eigenvalue weighted by atomic mass is 9.57. The summed E-state index contributed by atoms with van der Waals surface area (Å²) in [5.41, 5.74) is 5.70. The van der Waals surface area contributed by atoms with Crippen LogP contribution in [0, 0.1) is 17.8 Å². The summed E-state index contributed by atoms with van der Waals surface area (Å²) in [6.07, 6.45) is 4.81. The highest BCUT2D eigenvalue weighted by atomic mass is 16.5. The van der Waals surface area contributed by atoms with Crippen LogP contribution in [0.1, 0.15) is 66.4 Å². The van der Waals surface area contributed by atoms with E-state index in [1.165, 1.54) is 25.3 Å². The van der Waals surface area contributed by atoms with Gasteiger partial charge in [-0.2, -0.15) is 0 Å². The molecule has 0 heterocycles. The van der Waals surface area contributed by atoms with Gasteiger partial charge in [0.15, 0.2) is 17.2 Å². The number of aliphatic hydroxyl groups excluding tert-OH is 2. The Bertz CT molecular complexity index is 1530. The number of Topliss-reactive ketones (excluding diaryl/α,β-unsaturated/α-hetero) is 2. The van der Waals surface area contributed by atoms with Crippen molar-refractivity contribution in [3.63, 3.8) is 0 Å². The SMILES string of the molecule is COc1ccc(CNC2CCCCC2)cc1-c1ccc(O)c2c1C[C@H]1C[C@H]3CC(O)C(C(N)=O)C(=O)[C@@]3(O)C(O)=C1C2=O. The van der Waals surface area contributed by atoms with E-state index in [1.807, 2.05) is 18.2 Å². The zero-order valence-electron chi connectivity index (χ0n) is 24.1. The first kappa shape index (κ1) is 29.3.